The minimum atomic E-state index is -0.0348. The number of hydrogen-bond acceptors (Lipinski definition) is 2. The summed E-state index contributed by atoms with van der Waals surface area (Å²) in [7, 11) is 0. The van der Waals surface area contributed by atoms with Crippen molar-refractivity contribution in [2.75, 3.05) is 5.33 Å². The third-order valence-electron chi connectivity index (χ3n) is 3.84. The fourth-order valence-corrected chi connectivity index (χ4v) is 2.81. The largest absolute Gasteiger partial charge is 0.289 e. The molecule has 1 aromatic heterocycles. The van der Waals surface area contributed by atoms with E-state index in [1.807, 2.05) is 60.7 Å². The van der Waals surface area contributed by atoms with Crippen LogP contribution in [0.5, 0.6) is 0 Å². The Morgan fingerprint density at radius 1 is 1.08 bits per heavy atom. The summed E-state index contributed by atoms with van der Waals surface area (Å²) in [6.45, 7) is 3.82. The molecule has 0 unspecified atom stereocenters. The second-order valence-corrected chi connectivity index (χ2v) is 5.96. The number of nitrogens with zero attached hydrogens (tertiary/aromatic N) is 1. The molecule has 1 heterocycles. The summed E-state index contributed by atoms with van der Waals surface area (Å²) in [5.74, 6) is 0. The Morgan fingerprint density at radius 2 is 1.88 bits per heavy atom. The number of rotatable bonds is 4. The quantitative estimate of drug-likeness (QED) is 0.576. The van der Waals surface area contributed by atoms with Crippen LogP contribution in [0.15, 0.2) is 72.2 Å². The van der Waals surface area contributed by atoms with Crippen molar-refractivity contribution in [1.82, 2.24) is 4.98 Å². The SMILES string of the molecule is C=Cc1ccc2ncc(-c3ccccc3)cc2c(=O)c1/C=C\CBr. The highest BCUT2D eigenvalue weighted by Gasteiger charge is 2.07. The highest BCUT2D eigenvalue weighted by Crippen LogP contribution is 2.22. The van der Waals surface area contributed by atoms with Gasteiger partial charge in [0.15, 0.2) is 5.43 Å². The van der Waals surface area contributed by atoms with E-state index in [1.54, 1.807) is 12.3 Å². The first kappa shape index (κ1) is 16.3. The third-order valence-corrected chi connectivity index (χ3v) is 4.21. The smallest absolute Gasteiger partial charge is 0.195 e. The first-order chi connectivity index (χ1) is 11.7. The molecule has 3 aromatic rings. The lowest BCUT2D eigenvalue weighted by Crippen LogP contribution is -2.04. The second-order valence-electron chi connectivity index (χ2n) is 5.32. The summed E-state index contributed by atoms with van der Waals surface area (Å²) in [5, 5.41) is 1.30. The van der Waals surface area contributed by atoms with Gasteiger partial charge in [-0.1, -0.05) is 77.1 Å². The average Bonchev–Trinajstić information content (AvgIpc) is 2.77. The summed E-state index contributed by atoms with van der Waals surface area (Å²) in [5.41, 5.74) is 4.05. The molecule has 0 saturated carbocycles. The molecule has 0 amide bonds. The van der Waals surface area contributed by atoms with Gasteiger partial charge in [-0.25, -0.2) is 0 Å². The van der Waals surface area contributed by atoms with Gasteiger partial charge in [-0.2, -0.15) is 0 Å². The number of pyridine rings is 1. The molecule has 0 bridgehead atoms. The van der Waals surface area contributed by atoms with Crippen LogP contribution in [-0.2, 0) is 0 Å². The predicted molar refractivity (Wildman–Crippen MR) is 106 cm³/mol. The van der Waals surface area contributed by atoms with Crippen LogP contribution in [0.3, 0.4) is 0 Å². The van der Waals surface area contributed by atoms with Crippen LogP contribution in [0, 0.1) is 0 Å². The minimum Gasteiger partial charge on any atom is -0.289 e. The average molecular weight is 378 g/mol. The highest BCUT2D eigenvalue weighted by atomic mass is 79.9. The number of allylic oxidation sites excluding steroid dienone is 1. The molecule has 0 fully saturated rings. The molecule has 2 aromatic carbocycles. The highest BCUT2D eigenvalue weighted by molar-refractivity contribution is 9.09. The summed E-state index contributed by atoms with van der Waals surface area (Å²) >= 11 is 3.35. The van der Waals surface area contributed by atoms with Crippen molar-refractivity contribution in [3.63, 3.8) is 0 Å². The van der Waals surface area contributed by atoms with Crippen molar-refractivity contribution in [2.24, 2.45) is 0 Å². The number of aromatic nitrogens is 1. The van der Waals surface area contributed by atoms with E-state index in [2.05, 4.69) is 27.5 Å². The fourth-order valence-electron chi connectivity index (χ4n) is 2.63. The summed E-state index contributed by atoms with van der Waals surface area (Å²) in [6, 6.07) is 15.6. The van der Waals surface area contributed by atoms with Crippen LogP contribution in [0.25, 0.3) is 34.2 Å². The molecule has 3 rings (SSSR count). The van der Waals surface area contributed by atoms with Gasteiger partial charge in [0.25, 0.3) is 0 Å². The molecule has 0 aliphatic carbocycles. The standard InChI is InChI=1S/C21H16BrNO/c1-2-15-10-11-20-19(21(24)18(15)9-6-12-22)13-17(14-23-20)16-7-4-3-5-8-16/h2-11,13-14H,1,12H2/b9-6-. The van der Waals surface area contributed by atoms with Crippen molar-refractivity contribution >= 4 is 39.0 Å². The summed E-state index contributed by atoms with van der Waals surface area (Å²) < 4.78 is 0. The molecule has 0 saturated heterocycles. The second kappa shape index (κ2) is 7.37. The van der Waals surface area contributed by atoms with Gasteiger partial charge in [-0.15, -0.1) is 0 Å². The molecule has 0 aliphatic heterocycles. The zero-order valence-corrected chi connectivity index (χ0v) is 14.7. The van der Waals surface area contributed by atoms with Gasteiger partial charge in [0.2, 0.25) is 0 Å². The fraction of sp³-hybridized carbons (Fsp3) is 0.0476. The molecule has 0 spiro atoms. The number of benzene rings is 1. The molecule has 0 aliphatic rings. The molecule has 3 heteroatoms. The maximum atomic E-state index is 13.0. The van der Waals surface area contributed by atoms with Crippen molar-refractivity contribution in [2.45, 2.75) is 0 Å². The van der Waals surface area contributed by atoms with Crippen LogP contribution >= 0.6 is 15.9 Å². The van der Waals surface area contributed by atoms with E-state index in [0.717, 1.165) is 16.7 Å². The summed E-state index contributed by atoms with van der Waals surface area (Å²) in [6.07, 6.45) is 7.25. The number of alkyl halides is 1. The van der Waals surface area contributed by atoms with Crippen molar-refractivity contribution in [3.8, 4) is 11.1 Å². The first-order valence-electron chi connectivity index (χ1n) is 7.62. The lowest BCUT2D eigenvalue weighted by atomic mass is 10.1. The zero-order valence-electron chi connectivity index (χ0n) is 13.1. The molecular formula is C21H16BrNO. The lowest BCUT2D eigenvalue weighted by Gasteiger charge is -2.01. The molecule has 24 heavy (non-hydrogen) atoms. The lowest BCUT2D eigenvalue weighted by molar-refractivity contribution is 1.41. The van der Waals surface area contributed by atoms with Gasteiger partial charge in [0.05, 0.1) is 5.52 Å². The third kappa shape index (κ3) is 3.22. The van der Waals surface area contributed by atoms with Crippen LogP contribution in [0.4, 0.5) is 0 Å². The first-order valence-corrected chi connectivity index (χ1v) is 8.74. The molecule has 2 nitrogen and oxygen atoms in total. The number of hydrogen-bond donors (Lipinski definition) is 0. The molecule has 0 atom stereocenters. The van der Waals surface area contributed by atoms with E-state index < -0.39 is 0 Å². The molecule has 0 radical (unpaired) electrons. The molecular weight excluding hydrogens is 362 g/mol. The van der Waals surface area contributed by atoms with Gasteiger partial charge in [0.1, 0.15) is 0 Å². The van der Waals surface area contributed by atoms with Gasteiger partial charge < -0.3 is 0 Å². The topological polar surface area (TPSA) is 30.0 Å². The van der Waals surface area contributed by atoms with E-state index in [1.165, 1.54) is 0 Å². The van der Waals surface area contributed by atoms with Gasteiger partial charge >= 0.3 is 0 Å². The van der Waals surface area contributed by atoms with E-state index in [-0.39, 0.29) is 5.43 Å². The van der Waals surface area contributed by atoms with Gasteiger partial charge in [-0.05, 0) is 23.3 Å². The van der Waals surface area contributed by atoms with Crippen molar-refractivity contribution in [3.05, 3.63) is 88.7 Å². The Balaban J connectivity index is 2.33. The van der Waals surface area contributed by atoms with Crippen LogP contribution in [0.2, 0.25) is 0 Å². The number of fused-ring (bicyclic) bond motifs is 1. The predicted octanol–water partition coefficient (Wildman–Crippen LogP) is 5.31. The van der Waals surface area contributed by atoms with Gasteiger partial charge in [0, 0.05) is 28.0 Å². The normalized spacial score (nSPS) is 11.0. The van der Waals surface area contributed by atoms with E-state index in [4.69, 9.17) is 0 Å². The monoisotopic (exact) mass is 377 g/mol. The van der Waals surface area contributed by atoms with Gasteiger partial charge in [-0.3, -0.25) is 9.78 Å². The van der Waals surface area contributed by atoms with Crippen molar-refractivity contribution in [1.29, 1.82) is 0 Å². The van der Waals surface area contributed by atoms with Crippen molar-refractivity contribution < 1.29 is 0 Å². The number of halogens is 1. The Hall–Kier alpha value is -2.52. The van der Waals surface area contributed by atoms with Crippen LogP contribution in [-0.4, -0.2) is 10.3 Å². The molecule has 118 valence electrons. The van der Waals surface area contributed by atoms with Crippen LogP contribution in [0.1, 0.15) is 11.1 Å². The van der Waals surface area contributed by atoms with E-state index >= 15 is 0 Å². The Labute approximate surface area is 149 Å². The Kier molecular flexibility index (Phi) is 5.02. The molecule has 0 N–H and O–H groups in total. The maximum absolute atomic E-state index is 13.0. The zero-order chi connectivity index (χ0) is 16.9. The maximum Gasteiger partial charge on any atom is 0.195 e. The van der Waals surface area contributed by atoms with E-state index in [0.29, 0.717) is 21.8 Å². The van der Waals surface area contributed by atoms with Crippen LogP contribution < -0.4 is 5.43 Å². The Morgan fingerprint density at radius 3 is 2.58 bits per heavy atom. The minimum absolute atomic E-state index is 0.0348. The summed E-state index contributed by atoms with van der Waals surface area (Å²) in [4.78, 5) is 17.5. The van der Waals surface area contributed by atoms with E-state index in [9.17, 15) is 4.79 Å². The Bertz CT molecular complexity index is 978.